The largest absolute Gasteiger partial charge is 0.508 e. The van der Waals surface area contributed by atoms with E-state index in [2.05, 4.69) is 0 Å². The van der Waals surface area contributed by atoms with Crippen molar-refractivity contribution in [3.63, 3.8) is 0 Å². The molecular weight excluding hydrogens is 260 g/mol. The smallest absolute Gasteiger partial charge is 0.174 e. The Morgan fingerprint density at radius 3 is 2.10 bits per heavy atom. The minimum Gasteiger partial charge on any atom is -0.508 e. The van der Waals surface area contributed by atoms with Gasteiger partial charge >= 0.3 is 0 Å². The summed E-state index contributed by atoms with van der Waals surface area (Å²) in [5, 5.41) is 28.5. The predicted molar refractivity (Wildman–Crippen MR) is 72.5 cm³/mol. The predicted octanol–water partition coefficient (Wildman–Crippen LogP) is 2.24. The topological polar surface area (TPSA) is 87.0 Å². The maximum absolute atomic E-state index is 12.1. The van der Waals surface area contributed by atoms with E-state index in [0.29, 0.717) is 5.75 Å². The molecule has 0 bridgehead atoms. The van der Waals surface area contributed by atoms with Crippen molar-refractivity contribution >= 4 is 5.78 Å². The molecule has 20 heavy (non-hydrogen) atoms. The van der Waals surface area contributed by atoms with E-state index >= 15 is 0 Å². The molecule has 0 amide bonds. The summed E-state index contributed by atoms with van der Waals surface area (Å²) in [6.45, 7) is 0. The third kappa shape index (κ3) is 2.83. The third-order valence-electron chi connectivity index (χ3n) is 2.88. The molecule has 104 valence electrons. The molecule has 0 aliphatic heterocycles. The SMILES string of the molecule is COc1ccc(CC(=O)c2c(O)cc(O)cc2O)cc1. The quantitative estimate of drug-likeness (QED) is 0.744. The number of ketones is 1. The van der Waals surface area contributed by atoms with Crippen LogP contribution in [0.25, 0.3) is 0 Å². The van der Waals surface area contributed by atoms with Crippen molar-refractivity contribution in [3.05, 3.63) is 47.5 Å². The minimum absolute atomic E-state index is 0.0237. The van der Waals surface area contributed by atoms with Crippen molar-refractivity contribution < 1.29 is 24.9 Å². The van der Waals surface area contributed by atoms with Gasteiger partial charge in [0.05, 0.1) is 7.11 Å². The van der Waals surface area contributed by atoms with Crippen LogP contribution >= 0.6 is 0 Å². The van der Waals surface area contributed by atoms with Crippen LogP contribution in [0.4, 0.5) is 0 Å². The number of ether oxygens (including phenoxy) is 1. The molecule has 0 unspecified atom stereocenters. The summed E-state index contributed by atoms with van der Waals surface area (Å²) < 4.78 is 5.02. The Bertz CT molecular complexity index is 608. The number of hydrogen-bond acceptors (Lipinski definition) is 5. The van der Waals surface area contributed by atoms with E-state index in [9.17, 15) is 20.1 Å². The molecule has 0 aliphatic rings. The van der Waals surface area contributed by atoms with Gasteiger partial charge in [-0.2, -0.15) is 0 Å². The lowest BCUT2D eigenvalue weighted by Gasteiger charge is -2.08. The molecule has 2 rings (SSSR count). The Morgan fingerprint density at radius 2 is 1.60 bits per heavy atom. The fourth-order valence-electron chi connectivity index (χ4n) is 1.90. The molecule has 3 N–H and O–H groups in total. The molecule has 0 saturated carbocycles. The lowest BCUT2D eigenvalue weighted by Crippen LogP contribution is -2.04. The highest BCUT2D eigenvalue weighted by atomic mass is 16.5. The molecule has 5 nitrogen and oxygen atoms in total. The maximum atomic E-state index is 12.1. The summed E-state index contributed by atoms with van der Waals surface area (Å²) in [5.41, 5.74) is 0.529. The van der Waals surface area contributed by atoms with Crippen LogP contribution in [0.15, 0.2) is 36.4 Å². The molecule has 0 aliphatic carbocycles. The van der Waals surface area contributed by atoms with Gasteiger partial charge in [0.1, 0.15) is 28.6 Å². The Hall–Kier alpha value is -2.69. The first-order valence-corrected chi connectivity index (χ1v) is 5.92. The number of Topliss-reactive ketones (excluding diaryl/α,β-unsaturated/α-hetero) is 1. The number of benzene rings is 2. The molecule has 0 atom stereocenters. The molecule has 2 aromatic carbocycles. The zero-order valence-electron chi connectivity index (χ0n) is 10.8. The van der Waals surface area contributed by atoms with Gasteiger partial charge in [0.15, 0.2) is 5.78 Å². The molecular formula is C15H14O5. The summed E-state index contributed by atoms with van der Waals surface area (Å²) in [6.07, 6.45) is 0.0237. The fourth-order valence-corrected chi connectivity index (χ4v) is 1.90. The van der Waals surface area contributed by atoms with E-state index in [1.807, 2.05) is 0 Å². The van der Waals surface area contributed by atoms with Gasteiger partial charge in [-0.25, -0.2) is 0 Å². The number of aromatic hydroxyl groups is 3. The van der Waals surface area contributed by atoms with Crippen LogP contribution < -0.4 is 4.74 Å². The summed E-state index contributed by atoms with van der Waals surface area (Å²) in [7, 11) is 1.55. The van der Waals surface area contributed by atoms with Gasteiger partial charge in [-0.3, -0.25) is 4.79 Å². The molecule has 0 radical (unpaired) electrons. The van der Waals surface area contributed by atoms with E-state index < -0.39 is 17.3 Å². The van der Waals surface area contributed by atoms with Crippen molar-refractivity contribution in [3.8, 4) is 23.0 Å². The lowest BCUT2D eigenvalue weighted by atomic mass is 10.0. The first-order chi connectivity index (χ1) is 9.51. The van der Waals surface area contributed by atoms with Gasteiger partial charge in [-0.15, -0.1) is 0 Å². The van der Waals surface area contributed by atoms with Gasteiger partial charge in [0, 0.05) is 18.6 Å². The van der Waals surface area contributed by atoms with Crippen LogP contribution in [0, 0.1) is 0 Å². The standard InChI is InChI=1S/C15H14O5/c1-20-11-4-2-9(3-5-11)6-12(17)15-13(18)7-10(16)8-14(15)19/h2-5,7-8,16,18-19H,6H2,1H3. The van der Waals surface area contributed by atoms with Crippen molar-refractivity contribution in [2.24, 2.45) is 0 Å². The maximum Gasteiger partial charge on any atom is 0.174 e. The third-order valence-corrected chi connectivity index (χ3v) is 2.88. The number of hydrogen-bond donors (Lipinski definition) is 3. The summed E-state index contributed by atoms with van der Waals surface area (Å²) in [6, 6.07) is 8.93. The molecule has 0 saturated heterocycles. The van der Waals surface area contributed by atoms with Gasteiger partial charge in [-0.05, 0) is 17.7 Å². The monoisotopic (exact) mass is 274 g/mol. The zero-order chi connectivity index (χ0) is 14.7. The highest BCUT2D eigenvalue weighted by molar-refractivity contribution is 6.02. The molecule has 0 aromatic heterocycles. The average molecular weight is 274 g/mol. The van der Waals surface area contributed by atoms with Crippen LogP contribution in [0.3, 0.4) is 0 Å². The number of methoxy groups -OCH3 is 1. The highest BCUT2D eigenvalue weighted by Crippen LogP contribution is 2.32. The molecule has 0 fully saturated rings. The number of phenols is 3. The van der Waals surface area contributed by atoms with Crippen molar-refractivity contribution in [1.29, 1.82) is 0 Å². The second-order valence-corrected chi connectivity index (χ2v) is 4.31. The number of carbonyl (C=O) groups is 1. The normalized spacial score (nSPS) is 10.2. The Kier molecular flexibility index (Phi) is 3.79. The van der Waals surface area contributed by atoms with Crippen LogP contribution in [-0.4, -0.2) is 28.2 Å². The molecule has 0 heterocycles. The van der Waals surface area contributed by atoms with Gasteiger partial charge in [-0.1, -0.05) is 12.1 Å². The van der Waals surface area contributed by atoms with E-state index in [0.717, 1.165) is 17.7 Å². The summed E-state index contributed by atoms with van der Waals surface area (Å²) in [4.78, 5) is 12.1. The molecule has 5 heteroatoms. The van der Waals surface area contributed by atoms with E-state index in [1.165, 1.54) is 0 Å². The number of rotatable bonds is 4. The average Bonchev–Trinajstić information content (AvgIpc) is 2.38. The highest BCUT2D eigenvalue weighted by Gasteiger charge is 2.18. The van der Waals surface area contributed by atoms with Gasteiger partial charge in [0.25, 0.3) is 0 Å². The van der Waals surface area contributed by atoms with Gasteiger partial charge in [0.2, 0.25) is 0 Å². The van der Waals surface area contributed by atoms with Crippen LogP contribution in [0.2, 0.25) is 0 Å². The Labute approximate surface area is 115 Å². The molecule has 2 aromatic rings. The Balaban J connectivity index is 2.23. The second kappa shape index (κ2) is 5.52. The second-order valence-electron chi connectivity index (χ2n) is 4.31. The van der Waals surface area contributed by atoms with E-state index in [1.54, 1.807) is 31.4 Å². The zero-order valence-corrected chi connectivity index (χ0v) is 10.8. The first kappa shape index (κ1) is 13.7. The number of carbonyl (C=O) groups excluding carboxylic acids is 1. The van der Waals surface area contributed by atoms with E-state index in [-0.39, 0.29) is 17.7 Å². The lowest BCUT2D eigenvalue weighted by molar-refractivity contribution is 0.0987. The summed E-state index contributed by atoms with van der Waals surface area (Å²) >= 11 is 0. The van der Waals surface area contributed by atoms with Crippen LogP contribution in [0.5, 0.6) is 23.0 Å². The van der Waals surface area contributed by atoms with E-state index in [4.69, 9.17) is 4.74 Å². The summed E-state index contributed by atoms with van der Waals surface area (Å²) in [5.74, 6) is -0.954. The van der Waals surface area contributed by atoms with Crippen LogP contribution in [0.1, 0.15) is 15.9 Å². The van der Waals surface area contributed by atoms with Crippen molar-refractivity contribution in [2.75, 3.05) is 7.11 Å². The molecule has 0 spiro atoms. The fraction of sp³-hybridized carbons (Fsp3) is 0.133. The number of phenolic OH excluding ortho intramolecular Hbond substituents is 3. The van der Waals surface area contributed by atoms with Crippen LogP contribution in [-0.2, 0) is 6.42 Å². The Morgan fingerprint density at radius 1 is 1.05 bits per heavy atom. The minimum atomic E-state index is -0.444. The van der Waals surface area contributed by atoms with Crippen molar-refractivity contribution in [1.82, 2.24) is 0 Å². The van der Waals surface area contributed by atoms with Crippen molar-refractivity contribution in [2.45, 2.75) is 6.42 Å². The van der Waals surface area contributed by atoms with Gasteiger partial charge < -0.3 is 20.1 Å². The first-order valence-electron chi connectivity index (χ1n) is 5.92.